The Bertz CT molecular complexity index is 469. The number of hydrogen-bond acceptors (Lipinski definition) is 4. The van der Waals surface area contributed by atoms with Gasteiger partial charge < -0.3 is 19.9 Å². The summed E-state index contributed by atoms with van der Waals surface area (Å²) in [4.78, 5) is 10.7. The summed E-state index contributed by atoms with van der Waals surface area (Å²) in [5.41, 5.74) is 0.932. The molecule has 1 saturated carbocycles. The van der Waals surface area contributed by atoms with Gasteiger partial charge in [0.1, 0.15) is 0 Å². The van der Waals surface area contributed by atoms with Gasteiger partial charge >= 0.3 is 5.97 Å². The van der Waals surface area contributed by atoms with E-state index < -0.39 is 5.97 Å². The zero-order valence-electron chi connectivity index (χ0n) is 12.4. The van der Waals surface area contributed by atoms with Gasteiger partial charge in [0.05, 0.1) is 7.11 Å². The van der Waals surface area contributed by atoms with E-state index in [1.54, 1.807) is 13.2 Å². The van der Waals surface area contributed by atoms with E-state index in [2.05, 4.69) is 5.32 Å². The van der Waals surface area contributed by atoms with Gasteiger partial charge in [0.2, 0.25) is 0 Å². The number of methoxy groups -OCH3 is 1. The van der Waals surface area contributed by atoms with Crippen LogP contribution in [0.5, 0.6) is 11.5 Å². The lowest BCUT2D eigenvalue weighted by atomic mass is 9.95. The van der Waals surface area contributed by atoms with E-state index in [1.165, 1.54) is 32.1 Å². The molecule has 0 unspecified atom stereocenters. The summed E-state index contributed by atoms with van der Waals surface area (Å²) in [5.74, 6) is 0.0944. The number of carboxylic acid groups (broad SMARTS) is 1. The summed E-state index contributed by atoms with van der Waals surface area (Å²) in [6.07, 6.45) is 6.28. The van der Waals surface area contributed by atoms with Crippen LogP contribution in [-0.4, -0.2) is 30.8 Å². The molecular weight excluding hydrogens is 270 g/mol. The van der Waals surface area contributed by atoms with Gasteiger partial charge in [-0.25, -0.2) is 4.79 Å². The maximum Gasteiger partial charge on any atom is 0.341 e. The quantitative estimate of drug-likeness (QED) is 0.808. The lowest BCUT2D eigenvalue weighted by Crippen LogP contribution is -2.30. The third-order valence-corrected chi connectivity index (χ3v) is 3.81. The van der Waals surface area contributed by atoms with Gasteiger partial charge in [-0.3, -0.25) is 0 Å². The van der Waals surface area contributed by atoms with Crippen LogP contribution in [-0.2, 0) is 11.3 Å². The number of carboxylic acids is 1. The Morgan fingerprint density at radius 1 is 1.33 bits per heavy atom. The van der Waals surface area contributed by atoms with Crippen LogP contribution >= 0.6 is 0 Å². The molecule has 1 aromatic rings. The van der Waals surface area contributed by atoms with Gasteiger partial charge in [0, 0.05) is 18.2 Å². The summed E-state index contributed by atoms with van der Waals surface area (Å²) in [6.45, 7) is 0.299. The molecule has 0 aliphatic heterocycles. The maximum absolute atomic E-state index is 10.7. The van der Waals surface area contributed by atoms with Crippen molar-refractivity contribution < 1.29 is 19.4 Å². The molecule has 0 amide bonds. The van der Waals surface area contributed by atoms with E-state index in [9.17, 15) is 4.79 Å². The highest BCUT2D eigenvalue weighted by molar-refractivity contribution is 5.68. The average molecular weight is 293 g/mol. The predicted molar refractivity (Wildman–Crippen MR) is 79.8 cm³/mol. The highest BCUT2D eigenvalue weighted by Crippen LogP contribution is 2.31. The number of para-hydroxylation sites is 1. The first-order valence-corrected chi connectivity index (χ1v) is 7.44. The molecule has 1 aliphatic carbocycles. The van der Waals surface area contributed by atoms with Crippen LogP contribution in [0.3, 0.4) is 0 Å². The van der Waals surface area contributed by atoms with Crippen molar-refractivity contribution in [2.45, 2.75) is 44.7 Å². The van der Waals surface area contributed by atoms with Crippen LogP contribution in [0.4, 0.5) is 0 Å². The molecule has 0 heterocycles. The molecule has 0 saturated heterocycles. The summed E-state index contributed by atoms with van der Waals surface area (Å²) >= 11 is 0. The fourth-order valence-corrected chi connectivity index (χ4v) is 2.72. The molecule has 1 fully saturated rings. The molecule has 2 N–H and O–H groups in total. The Morgan fingerprint density at radius 3 is 2.76 bits per heavy atom. The minimum absolute atomic E-state index is 0.364. The van der Waals surface area contributed by atoms with Crippen molar-refractivity contribution in [2.75, 3.05) is 13.7 Å². The second-order valence-corrected chi connectivity index (χ2v) is 5.35. The fourth-order valence-electron chi connectivity index (χ4n) is 2.72. The van der Waals surface area contributed by atoms with Crippen LogP contribution < -0.4 is 14.8 Å². The lowest BCUT2D eigenvalue weighted by molar-refractivity contribution is -0.139. The summed E-state index contributed by atoms with van der Waals surface area (Å²) in [5, 5.41) is 12.3. The first kappa shape index (κ1) is 15.6. The molecule has 0 spiro atoms. The Hall–Kier alpha value is -1.75. The van der Waals surface area contributed by atoms with Gasteiger partial charge in [0.15, 0.2) is 18.1 Å². The second kappa shape index (κ2) is 7.88. The molecule has 116 valence electrons. The van der Waals surface area contributed by atoms with Gasteiger partial charge in [0.25, 0.3) is 0 Å². The Labute approximate surface area is 125 Å². The second-order valence-electron chi connectivity index (χ2n) is 5.35. The fraction of sp³-hybridized carbons (Fsp3) is 0.562. The molecular formula is C16H23NO4. The molecule has 0 atom stereocenters. The summed E-state index contributed by atoms with van der Waals surface area (Å²) < 4.78 is 10.7. The number of rotatable bonds is 7. The Kier molecular flexibility index (Phi) is 5.87. The van der Waals surface area contributed by atoms with Crippen molar-refractivity contribution in [3.63, 3.8) is 0 Å². The molecule has 1 aliphatic rings. The lowest BCUT2D eigenvalue weighted by Gasteiger charge is -2.23. The van der Waals surface area contributed by atoms with Gasteiger partial charge in [-0.1, -0.05) is 31.4 Å². The number of nitrogens with one attached hydrogen (secondary N) is 1. The van der Waals surface area contributed by atoms with E-state index in [0.29, 0.717) is 24.1 Å². The van der Waals surface area contributed by atoms with Gasteiger partial charge in [-0.05, 0) is 18.9 Å². The molecule has 21 heavy (non-hydrogen) atoms. The van der Waals surface area contributed by atoms with Crippen molar-refractivity contribution in [3.05, 3.63) is 23.8 Å². The molecule has 5 nitrogen and oxygen atoms in total. The third kappa shape index (κ3) is 4.63. The topological polar surface area (TPSA) is 67.8 Å². The molecule has 5 heteroatoms. The van der Waals surface area contributed by atoms with E-state index in [-0.39, 0.29) is 6.61 Å². The third-order valence-electron chi connectivity index (χ3n) is 3.81. The molecule has 0 aromatic heterocycles. The molecule has 0 radical (unpaired) electrons. The van der Waals surface area contributed by atoms with Gasteiger partial charge in [-0.15, -0.1) is 0 Å². The Morgan fingerprint density at radius 2 is 2.10 bits per heavy atom. The standard InChI is InChI=1S/C16H23NO4/c1-20-14-9-5-6-12(16(14)21-11-15(18)19)10-17-13-7-3-2-4-8-13/h5-6,9,13,17H,2-4,7-8,10-11H2,1H3,(H,18,19). The normalized spacial score (nSPS) is 15.7. The molecule has 2 rings (SSSR count). The minimum atomic E-state index is -0.993. The van der Waals surface area contributed by atoms with Crippen LogP contribution in [0, 0.1) is 0 Å². The van der Waals surface area contributed by atoms with E-state index in [0.717, 1.165) is 5.56 Å². The van der Waals surface area contributed by atoms with Crippen LogP contribution in [0.2, 0.25) is 0 Å². The number of aliphatic carboxylic acids is 1. The van der Waals surface area contributed by atoms with Crippen LogP contribution in [0.25, 0.3) is 0 Å². The maximum atomic E-state index is 10.7. The number of carbonyl (C=O) groups is 1. The van der Waals surface area contributed by atoms with Gasteiger partial charge in [-0.2, -0.15) is 0 Å². The summed E-state index contributed by atoms with van der Waals surface area (Å²) in [6, 6.07) is 6.15. The van der Waals surface area contributed by atoms with Crippen molar-refractivity contribution in [1.29, 1.82) is 0 Å². The van der Waals surface area contributed by atoms with E-state index in [1.807, 2.05) is 12.1 Å². The zero-order chi connectivity index (χ0) is 15.1. The number of ether oxygens (including phenoxy) is 2. The monoisotopic (exact) mass is 293 g/mol. The summed E-state index contributed by atoms with van der Waals surface area (Å²) in [7, 11) is 1.56. The van der Waals surface area contributed by atoms with Crippen LogP contribution in [0.15, 0.2) is 18.2 Å². The SMILES string of the molecule is COc1cccc(CNC2CCCCC2)c1OCC(=O)O. The highest BCUT2D eigenvalue weighted by atomic mass is 16.5. The zero-order valence-corrected chi connectivity index (χ0v) is 12.4. The minimum Gasteiger partial charge on any atom is -0.493 e. The molecule has 0 bridgehead atoms. The predicted octanol–water partition coefficient (Wildman–Crippen LogP) is 2.58. The van der Waals surface area contributed by atoms with Crippen LogP contribution in [0.1, 0.15) is 37.7 Å². The van der Waals surface area contributed by atoms with Crippen molar-refractivity contribution >= 4 is 5.97 Å². The Balaban J connectivity index is 2.03. The van der Waals surface area contributed by atoms with Crippen molar-refractivity contribution in [1.82, 2.24) is 5.32 Å². The van der Waals surface area contributed by atoms with Crippen molar-refractivity contribution in [2.24, 2.45) is 0 Å². The first-order chi connectivity index (χ1) is 10.2. The number of hydrogen-bond donors (Lipinski definition) is 2. The van der Waals surface area contributed by atoms with Crippen molar-refractivity contribution in [3.8, 4) is 11.5 Å². The number of benzene rings is 1. The van der Waals surface area contributed by atoms with E-state index in [4.69, 9.17) is 14.6 Å². The molecule has 1 aromatic carbocycles. The average Bonchev–Trinajstić information content (AvgIpc) is 2.51. The smallest absolute Gasteiger partial charge is 0.341 e. The van der Waals surface area contributed by atoms with E-state index >= 15 is 0 Å². The largest absolute Gasteiger partial charge is 0.493 e. The highest BCUT2D eigenvalue weighted by Gasteiger charge is 2.16. The first-order valence-electron chi connectivity index (χ1n) is 7.44.